The Hall–Kier alpha value is -1.51. The molecule has 1 heterocycles. The van der Waals surface area contributed by atoms with E-state index >= 15 is 0 Å². The zero-order valence-corrected chi connectivity index (χ0v) is 12.1. The summed E-state index contributed by atoms with van der Waals surface area (Å²) in [4.78, 5) is 11.2. The number of aromatic nitrogens is 4. The van der Waals surface area contributed by atoms with Crippen LogP contribution in [0.15, 0.2) is 24.3 Å². The van der Waals surface area contributed by atoms with E-state index in [0.29, 0.717) is 25.2 Å². The molecule has 1 aliphatic rings. The van der Waals surface area contributed by atoms with Gasteiger partial charge in [-0.25, -0.2) is 4.68 Å². The molecule has 0 atom stereocenters. The Bertz CT molecular complexity index is 636. The Kier molecular flexibility index (Phi) is 3.00. The number of aliphatic carboxylic acids is 1. The average molecular weight is 370 g/mol. The molecular weight excluding hydrogens is 359 g/mol. The second-order valence-corrected chi connectivity index (χ2v) is 5.89. The van der Waals surface area contributed by atoms with E-state index in [0.717, 1.165) is 9.13 Å². The third-order valence-corrected chi connectivity index (χ3v) is 4.35. The number of tetrazole rings is 1. The number of hydrogen-bond donors (Lipinski definition) is 1. The van der Waals surface area contributed by atoms with Gasteiger partial charge in [-0.3, -0.25) is 4.79 Å². The molecule has 0 radical (unpaired) electrons. The molecule has 0 unspecified atom stereocenters. The molecule has 0 bridgehead atoms. The van der Waals surface area contributed by atoms with E-state index < -0.39 is 11.4 Å². The molecule has 1 fully saturated rings. The zero-order chi connectivity index (χ0) is 13.5. The van der Waals surface area contributed by atoms with E-state index in [1.54, 1.807) is 4.68 Å². The lowest BCUT2D eigenvalue weighted by molar-refractivity contribution is -0.144. The number of carboxylic acids is 1. The van der Waals surface area contributed by atoms with Gasteiger partial charge in [0.2, 0.25) is 0 Å². The van der Waals surface area contributed by atoms with E-state index in [1.807, 2.05) is 24.3 Å². The van der Waals surface area contributed by atoms with Crippen molar-refractivity contribution in [1.29, 1.82) is 0 Å². The van der Waals surface area contributed by atoms with Crippen molar-refractivity contribution >= 4 is 28.6 Å². The first-order chi connectivity index (χ1) is 9.12. The van der Waals surface area contributed by atoms with Crippen LogP contribution in [0.5, 0.6) is 0 Å². The van der Waals surface area contributed by atoms with Crippen molar-refractivity contribution in [3.05, 3.63) is 27.8 Å². The van der Waals surface area contributed by atoms with Crippen molar-refractivity contribution in [1.82, 2.24) is 20.2 Å². The average Bonchev–Trinajstić information content (AvgIpc) is 3.03. The molecule has 0 saturated heterocycles. The molecule has 1 aromatic heterocycles. The quantitative estimate of drug-likeness (QED) is 0.831. The normalized spacial score (nSPS) is 16.3. The summed E-state index contributed by atoms with van der Waals surface area (Å²) in [7, 11) is 0. The molecule has 0 aliphatic heterocycles. The van der Waals surface area contributed by atoms with Crippen LogP contribution in [0.2, 0.25) is 0 Å². The smallest absolute Gasteiger partial charge is 0.311 e. The van der Waals surface area contributed by atoms with Gasteiger partial charge in [0.25, 0.3) is 0 Å². The van der Waals surface area contributed by atoms with E-state index in [-0.39, 0.29) is 0 Å². The third kappa shape index (κ3) is 2.22. The first kappa shape index (κ1) is 12.5. The Morgan fingerprint density at radius 2 is 2.16 bits per heavy atom. The molecule has 98 valence electrons. The Balaban J connectivity index is 1.96. The molecule has 7 heteroatoms. The molecule has 2 aromatic rings. The van der Waals surface area contributed by atoms with Crippen LogP contribution in [0.4, 0.5) is 0 Å². The lowest BCUT2D eigenvalue weighted by Gasteiger charge is -2.11. The highest BCUT2D eigenvalue weighted by Gasteiger charge is 2.51. The Morgan fingerprint density at radius 3 is 2.79 bits per heavy atom. The Morgan fingerprint density at radius 1 is 1.42 bits per heavy atom. The van der Waals surface area contributed by atoms with Gasteiger partial charge >= 0.3 is 5.97 Å². The van der Waals surface area contributed by atoms with Crippen molar-refractivity contribution in [3.63, 3.8) is 0 Å². The van der Waals surface area contributed by atoms with Crippen LogP contribution in [0.25, 0.3) is 11.4 Å². The van der Waals surface area contributed by atoms with Gasteiger partial charge in [-0.2, -0.15) is 0 Å². The number of carboxylic acid groups (broad SMARTS) is 1. The number of rotatable bonds is 4. The van der Waals surface area contributed by atoms with Crippen LogP contribution in [0.3, 0.4) is 0 Å². The van der Waals surface area contributed by atoms with Gasteiger partial charge in [0, 0.05) is 9.13 Å². The van der Waals surface area contributed by atoms with Gasteiger partial charge in [-0.15, -0.1) is 5.10 Å². The van der Waals surface area contributed by atoms with Gasteiger partial charge in [-0.05, 0) is 51.9 Å². The summed E-state index contributed by atoms with van der Waals surface area (Å²) in [6.45, 7) is 0.329. The van der Waals surface area contributed by atoms with Crippen molar-refractivity contribution < 1.29 is 9.90 Å². The van der Waals surface area contributed by atoms with Crippen LogP contribution in [0, 0.1) is 8.99 Å². The summed E-state index contributed by atoms with van der Waals surface area (Å²) < 4.78 is 2.63. The van der Waals surface area contributed by atoms with Crippen molar-refractivity contribution in [2.75, 3.05) is 0 Å². The summed E-state index contributed by atoms with van der Waals surface area (Å²) in [5.74, 6) is -0.144. The van der Waals surface area contributed by atoms with Crippen LogP contribution >= 0.6 is 22.6 Å². The maximum absolute atomic E-state index is 11.2. The predicted octanol–water partition coefficient (Wildman–Crippen LogP) is 1.81. The fraction of sp³-hybridized carbons (Fsp3) is 0.333. The van der Waals surface area contributed by atoms with Gasteiger partial charge in [-0.1, -0.05) is 18.2 Å². The van der Waals surface area contributed by atoms with Gasteiger partial charge < -0.3 is 5.11 Å². The molecule has 3 rings (SSSR count). The second-order valence-electron chi connectivity index (χ2n) is 4.73. The molecule has 0 spiro atoms. The highest BCUT2D eigenvalue weighted by molar-refractivity contribution is 14.1. The monoisotopic (exact) mass is 370 g/mol. The standard InChI is InChI=1S/C12H11IN4O2/c13-9-4-2-1-3-8(9)10-14-15-16-17(10)7-12(5-6-12)11(18)19/h1-4H,5-7H2,(H,18,19). The maximum atomic E-state index is 11.2. The molecule has 1 N–H and O–H groups in total. The number of benzene rings is 1. The first-order valence-electron chi connectivity index (χ1n) is 5.87. The largest absolute Gasteiger partial charge is 0.481 e. The lowest BCUT2D eigenvalue weighted by Crippen LogP contribution is -2.22. The summed E-state index contributed by atoms with van der Waals surface area (Å²) in [5, 5.41) is 20.9. The molecule has 1 aromatic carbocycles. The number of nitrogens with zero attached hydrogens (tertiary/aromatic N) is 4. The number of hydrogen-bond acceptors (Lipinski definition) is 4. The van der Waals surface area contributed by atoms with E-state index in [4.69, 9.17) is 0 Å². The third-order valence-electron chi connectivity index (χ3n) is 3.41. The highest BCUT2D eigenvalue weighted by atomic mass is 127. The molecule has 19 heavy (non-hydrogen) atoms. The topological polar surface area (TPSA) is 80.9 Å². The minimum atomic E-state index is -0.767. The van der Waals surface area contributed by atoms with Gasteiger partial charge in [0.1, 0.15) is 0 Å². The van der Waals surface area contributed by atoms with E-state index in [2.05, 4.69) is 38.1 Å². The maximum Gasteiger partial charge on any atom is 0.311 e. The predicted molar refractivity (Wildman–Crippen MR) is 75.3 cm³/mol. The molecule has 1 aliphatic carbocycles. The van der Waals surface area contributed by atoms with Gasteiger partial charge in [0.05, 0.1) is 12.0 Å². The fourth-order valence-electron chi connectivity index (χ4n) is 2.02. The number of halogens is 1. The molecule has 6 nitrogen and oxygen atoms in total. The van der Waals surface area contributed by atoms with Crippen molar-refractivity contribution in [2.24, 2.45) is 5.41 Å². The molecular formula is C12H11IN4O2. The minimum absolute atomic E-state index is 0.329. The summed E-state index contributed by atoms with van der Waals surface area (Å²) in [6.07, 6.45) is 1.38. The number of carbonyl (C=O) groups is 1. The zero-order valence-electron chi connectivity index (χ0n) is 9.95. The van der Waals surface area contributed by atoms with Crippen molar-refractivity contribution in [2.45, 2.75) is 19.4 Å². The van der Waals surface area contributed by atoms with E-state index in [1.165, 1.54) is 0 Å². The highest BCUT2D eigenvalue weighted by Crippen LogP contribution is 2.47. The van der Waals surface area contributed by atoms with Gasteiger partial charge in [0.15, 0.2) is 5.82 Å². The van der Waals surface area contributed by atoms with E-state index in [9.17, 15) is 9.90 Å². The SMILES string of the molecule is O=C(O)C1(Cn2nnnc2-c2ccccc2I)CC1. The molecule has 1 saturated carbocycles. The summed E-state index contributed by atoms with van der Waals surface area (Å²) in [6, 6.07) is 7.77. The lowest BCUT2D eigenvalue weighted by atomic mass is 10.1. The molecule has 0 amide bonds. The van der Waals surface area contributed by atoms with Crippen LogP contribution < -0.4 is 0 Å². The summed E-state index contributed by atoms with van der Waals surface area (Å²) in [5.41, 5.74) is 0.249. The van der Waals surface area contributed by atoms with Crippen LogP contribution in [-0.2, 0) is 11.3 Å². The van der Waals surface area contributed by atoms with Crippen LogP contribution in [0.1, 0.15) is 12.8 Å². The summed E-state index contributed by atoms with van der Waals surface area (Å²) >= 11 is 2.22. The minimum Gasteiger partial charge on any atom is -0.481 e. The fourth-order valence-corrected chi connectivity index (χ4v) is 2.65. The first-order valence-corrected chi connectivity index (χ1v) is 6.95. The second kappa shape index (κ2) is 4.55. The Labute approximate surface area is 123 Å². The van der Waals surface area contributed by atoms with Crippen molar-refractivity contribution in [3.8, 4) is 11.4 Å². The van der Waals surface area contributed by atoms with Crippen LogP contribution in [-0.4, -0.2) is 31.3 Å².